The number of aliphatic imine (C=N–C) groups is 2. The zero-order chi connectivity index (χ0) is 21.5. The topological polar surface area (TPSA) is 103 Å². The van der Waals surface area contributed by atoms with Gasteiger partial charge in [0.1, 0.15) is 12.6 Å². The van der Waals surface area contributed by atoms with Gasteiger partial charge >= 0.3 is 0 Å². The summed E-state index contributed by atoms with van der Waals surface area (Å²) < 4.78 is 10.9. The first-order valence-electron chi connectivity index (χ1n) is 10.3. The molecule has 0 aromatic carbocycles. The fourth-order valence-electron chi connectivity index (χ4n) is 4.92. The van der Waals surface area contributed by atoms with Gasteiger partial charge in [0, 0.05) is 38.3 Å². The molecule has 1 fully saturated rings. The third-order valence-corrected chi connectivity index (χ3v) is 6.43. The van der Waals surface area contributed by atoms with Crippen LogP contribution in [0.1, 0.15) is 26.7 Å². The summed E-state index contributed by atoms with van der Waals surface area (Å²) in [5.41, 5.74) is 1.31. The van der Waals surface area contributed by atoms with E-state index in [1.807, 2.05) is 25.0 Å². The minimum Gasteiger partial charge on any atom is -0.377 e. The number of allylic oxidation sites excluding steroid dienone is 2. The van der Waals surface area contributed by atoms with Crippen LogP contribution in [0.25, 0.3) is 0 Å². The number of nitrogens with zero attached hydrogens (tertiary/aromatic N) is 6. The molecule has 5 atom stereocenters. The molecule has 1 amide bonds. The fraction of sp³-hybridized carbons (Fsp3) is 0.667. The molecule has 4 rings (SSSR count). The first-order chi connectivity index (χ1) is 14.4. The van der Waals surface area contributed by atoms with Gasteiger partial charge in [-0.05, 0) is 26.7 Å². The van der Waals surface area contributed by atoms with Crippen molar-refractivity contribution in [3.63, 3.8) is 0 Å². The number of hydrazone groups is 1. The summed E-state index contributed by atoms with van der Waals surface area (Å²) >= 11 is 0. The lowest BCUT2D eigenvalue weighted by molar-refractivity contribution is -0.134. The van der Waals surface area contributed by atoms with E-state index in [0.717, 1.165) is 17.8 Å². The van der Waals surface area contributed by atoms with E-state index in [2.05, 4.69) is 22.2 Å². The maximum Gasteiger partial charge on any atom is 0.233 e. The number of amides is 1. The maximum atomic E-state index is 13.3. The van der Waals surface area contributed by atoms with E-state index < -0.39 is 5.54 Å². The molecule has 0 N–H and O–H groups in total. The summed E-state index contributed by atoms with van der Waals surface area (Å²) in [6.45, 7) is 4.84. The van der Waals surface area contributed by atoms with E-state index in [-0.39, 0.29) is 42.7 Å². The second kappa shape index (κ2) is 7.93. The Kier molecular flexibility index (Phi) is 5.47. The fourth-order valence-corrected chi connectivity index (χ4v) is 4.92. The van der Waals surface area contributed by atoms with Crippen molar-refractivity contribution in [1.29, 1.82) is 5.26 Å². The Hall–Kier alpha value is -2.57. The van der Waals surface area contributed by atoms with Crippen LogP contribution in [0.3, 0.4) is 0 Å². The molecule has 160 valence electrons. The highest BCUT2D eigenvalue weighted by Gasteiger charge is 2.54. The van der Waals surface area contributed by atoms with E-state index in [1.165, 1.54) is 0 Å². The molecule has 0 bridgehead atoms. The molecule has 0 aromatic heterocycles. The summed E-state index contributed by atoms with van der Waals surface area (Å²) in [4.78, 5) is 24.6. The first-order valence-corrected chi connectivity index (χ1v) is 10.3. The van der Waals surface area contributed by atoms with Crippen molar-refractivity contribution in [3.8, 4) is 6.07 Å². The summed E-state index contributed by atoms with van der Waals surface area (Å²) in [5.74, 6) is -0.127. The van der Waals surface area contributed by atoms with Gasteiger partial charge in [0.2, 0.25) is 5.91 Å². The van der Waals surface area contributed by atoms with Crippen molar-refractivity contribution < 1.29 is 14.3 Å². The van der Waals surface area contributed by atoms with Crippen LogP contribution in [-0.4, -0.2) is 85.2 Å². The second-order valence-electron chi connectivity index (χ2n) is 8.56. The lowest BCUT2D eigenvalue weighted by Gasteiger charge is -2.36. The van der Waals surface area contributed by atoms with E-state index in [9.17, 15) is 4.79 Å². The van der Waals surface area contributed by atoms with E-state index >= 15 is 0 Å². The number of likely N-dealkylation sites (tertiary alicyclic amines) is 1. The van der Waals surface area contributed by atoms with Crippen LogP contribution in [0.4, 0.5) is 0 Å². The number of carbonyl (C=O) groups excluding carboxylic acids is 1. The van der Waals surface area contributed by atoms with Crippen molar-refractivity contribution >= 4 is 24.0 Å². The zero-order valence-electron chi connectivity index (χ0n) is 17.9. The molecule has 9 nitrogen and oxygen atoms in total. The lowest BCUT2D eigenvalue weighted by atomic mass is 9.86. The van der Waals surface area contributed by atoms with Crippen molar-refractivity contribution in [2.45, 2.75) is 50.6 Å². The minimum atomic E-state index is -0.526. The summed E-state index contributed by atoms with van der Waals surface area (Å²) in [6, 6.07) is 1.95. The Morgan fingerprint density at radius 1 is 1.30 bits per heavy atom. The number of rotatable bonds is 5. The van der Waals surface area contributed by atoms with Gasteiger partial charge < -0.3 is 14.4 Å². The average molecular weight is 412 g/mol. The van der Waals surface area contributed by atoms with Gasteiger partial charge in [-0.25, -0.2) is 0 Å². The van der Waals surface area contributed by atoms with Crippen LogP contribution in [0, 0.1) is 23.2 Å². The predicted molar refractivity (Wildman–Crippen MR) is 112 cm³/mol. The van der Waals surface area contributed by atoms with Crippen molar-refractivity contribution in [1.82, 2.24) is 9.91 Å². The Morgan fingerprint density at radius 2 is 2.10 bits per heavy atom. The molecule has 4 aliphatic heterocycles. The Bertz CT molecular complexity index is 870. The number of methoxy groups -OCH3 is 2. The smallest absolute Gasteiger partial charge is 0.233 e. The Labute approximate surface area is 176 Å². The summed E-state index contributed by atoms with van der Waals surface area (Å²) in [5, 5.41) is 14.9. The summed E-state index contributed by atoms with van der Waals surface area (Å²) in [7, 11) is 3.30. The van der Waals surface area contributed by atoms with E-state index in [1.54, 1.807) is 25.4 Å². The van der Waals surface area contributed by atoms with Gasteiger partial charge in [-0.1, -0.05) is 6.08 Å². The third kappa shape index (κ3) is 3.34. The number of ether oxygens (including phenoxy) is 2. The molecule has 5 unspecified atom stereocenters. The molecule has 9 heteroatoms. The zero-order valence-corrected chi connectivity index (χ0v) is 17.9. The highest BCUT2D eigenvalue weighted by molar-refractivity contribution is 6.16. The van der Waals surface area contributed by atoms with Crippen molar-refractivity contribution in [2.75, 3.05) is 27.3 Å². The van der Waals surface area contributed by atoms with E-state index in [4.69, 9.17) is 19.7 Å². The van der Waals surface area contributed by atoms with Gasteiger partial charge in [0.25, 0.3) is 0 Å². The first kappa shape index (κ1) is 20.7. The van der Waals surface area contributed by atoms with Gasteiger partial charge in [0.15, 0.2) is 6.23 Å². The number of hydrogen-bond donors (Lipinski definition) is 0. The molecular formula is C21H28N6O3. The molecule has 4 heterocycles. The minimum absolute atomic E-state index is 0.0360. The molecule has 1 saturated heterocycles. The summed E-state index contributed by atoms with van der Waals surface area (Å²) in [6.07, 6.45) is 6.67. The lowest BCUT2D eigenvalue weighted by Crippen LogP contribution is -2.52. The van der Waals surface area contributed by atoms with Crippen LogP contribution in [0.15, 0.2) is 26.9 Å². The monoisotopic (exact) mass is 412 g/mol. The normalized spacial score (nSPS) is 34.6. The second-order valence-corrected chi connectivity index (χ2v) is 8.56. The Balaban J connectivity index is 1.56. The van der Waals surface area contributed by atoms with E-state index in [0.29, 0.717) is 13.0 Å². The van der Waals surface area contributed by atoms with Crippen LogP contribution in [0.2, 0.25) is 0 Å². The number of fused-ring (bicyclic) bond motifs is 1. The third-order valence-electron chi connectivity index (χ3n) is 6.43. The highest BCUT2D eigenvalue weighted by Crippen LogP contribution is 2.40. The largest absolute Gasteiger partial charge is 0.377 e. The molecular weight excluding hydrogens is 384 g/mol. The van der Waals surface area contributed by atoms with Gasteiger partial charge in [-0.2, -0.15) is 10.4 Å². The molecule has 0 radical (unpaired) electrons. The number of hydrogen-bond acceptors (Lipinski definition) is 8. The SMILES string of the molecule is COC1CC(C2=CCC3C(=O)N(C4C=NN(CC#N)C4)C(C)(C)C3=N2)C=NC1OC. The van der Waals surface area contributed by atoms with Crippen molar-refractivity contribution in [2.24, 2.45) is 26.9 Å². The predicted octanol–water partition coefficient (Wildman–Crippen LogP) is 1.22. The maximum absolute atomic E-state index is 13.3. The Morgan fingerprint density at radius 3 is 2.80 bits per heavy atom. The molecule has 30 heavy (non-hydrogen) atoms. The molecule has 4 aliphatic rings. The van der Waals surface area contributed by atoms with Gasteiger partial charge in [0.05, 0.1) is 35.8 Å². The molecule has 0 aromatic rings. The standard InChI is InChI=1S/C21H28N6O3/c1-21(2)18-15(20(28)27(21)14-11-24-26(12-14)8-7-22)5-6-16(25-18)13-9-17(29-3)19(30-4)23-10-13/h6,10-11,13-15,17,19H,5,8-9,12H2,1-4H3. The van der Waals surface area contributed by atoms with Crippen LogP contribution >= 0.6 is 0 Å². The highest BCUT2D eigenvalue weighted by atomic mass is 16.5. The van der Waals surface area contributed by atoms with Crippen molar-refractivity contribution in [3.05, 3.63) is 11.8 Å². The molecule has 0 saturated carbocycles. The number of nitriles is 1. The quantitative estimate of drug-likeness (QED) is 0.632. The molecule has 0 spiro atoms. The van der Waals surface area contributed by atoms with Crippen LogP contribution < -0.4 is 0 Å². The van der Waals surface area contributed by atoms with Gasteiger partial charge in [-0.3, -0.25) is 19.8 Å². The van der Waals surface area contributed by atoms with Gasteiger partial charge in [-0.15, -0.1) is 0 Å². The van der Waals surface area contributed by atoms with Crippen LogP contribution in [-0.2, 0) is 14.3 Å². The number of carbonyl (C=O) groups is 1. The molecule has 0 aliphatic carbocycles. The average Bonchev–Trinajstić information content (AvgIpc) is 3.27. The van der Waals surface area contributed by atoms with Crippen LogP contribution in [0.5, 0.6) is 0 Å².